The SMILES string of the molecule is Cc1ncc(CNC(C)c2ccc(Br)s2)s1. The smallest absolute Gasteiger partial charge is 0.0897 e. The van der Waals surface area contributed by atoms with Crippen LogP contribution < -0.4 is 5.32 Å². The Kier molecular flexibility index (Phi) is 4.13. The van der Waals surface area contributed by atoms with E-state index in [4.69, 9.17) is 0 Å². The highest BCUT2D eigenvalue weighted by molar-refractivity contribution is 9.11. The van der Waals surface area contributed by atoms with Crippen molar-refractivity contribution >= 4 is 38.6 Å². The van der Waals surface area contributed by atoms with E-state index in [1.807, 2.05) is 13.1 Å². The van der Waals surface area contributed by atoms with E-state index in [0.717, 1.165) is 11.6 Å². The highest BCUT2D eigenvalue weighted by Crippen LogP contribution is 2.27. The molecule has 86 valence electrons. The summed E-state index contributed by atoms with van der Waals surface area (Å²) in [5.74, 6) is 0. The van der Waals surface area contributed by atoms with Crippen molar-refractivity contribution < 1.29 is 0 Å². The van der Waals surface area contributed by atoms with Crippen LogP contribution in [0.1, 0.15) is 27.7 Å². The molecular formula is C11H13BrN2S2. The molecule has 0 amide bonds. The highest BCUT2D eigenvalue weighted by Gasteiger charge is 2.08. The number of nitrogens with zero attached hydrogens (tertiary/aromatic N) is 1. The van der Waals surface area contributed by atoms with Crippen molar-refractivity contribution in [3.63, 3.8) is 0 Å². The lowest BCUT2D eigenvalue weighted by Crippen LogP contribution is -2.16. The molecular weight excluding hydrogens is 304 g/mol. The van der Waals surface area contributed by atoms with Crippen molar-refractivity contribution in [2.24, 2.45) is 0 Å². The maximum Gasteiger partial charge on any atom is 0.0897 e. The molecule has 0 saturated heterocycles. The molecule has 0 radical (unpaired) electrons. The molecule has 2 nitrogen and oxygen atoms in total. The number of aryl methyl sites for hydroxylation is 1. The number of aromatic nitrogens is 1. The summed E-state index contributed by atoms with van der Waals surface area (Å²) < 4.78 is 1.18. The van der Waals surface area contributed by atoms with Crippen LogP contribution in [-0.2, 0) is 6.54 Å². The lowest BCUT2D eigenvalue weighted by Gasteiger charge is -2.10. The Hall–Kier alpha value is -0.230. The molecule has 0 spiro atoms. The van der Waals surface area contributed by atoms with Crippen LogP contribution in [0.25, 0.3) is 0 Å². The number of halogens is 1. The van der Waals surface area contributed by atoms with Gasteiger partial charge in [0.15, 0.2) is 0 Å². The second kappa shape index (κ2) is 5.40. The predicted octanol–water partition coefficient (Wildman–Crippen LogP) is 4.13. The first kappa shape index (κ1) is 12.2. The fourth-order valence-corrected chi connectivity index (χ4v) is 3.60. The number of nitrogens with one attached hydrogen (secondary N) is 1. The third-order valence-corrected chi connectivity index (χ3v) is 4.99. The summed E-state index contributed by atoms with van der Waals surface area (Å²) in [7, 11) is 0. The van der Waals surface area contributed by atoms with Gasteiger partial charge in [0, 0.05) is 28.5 Å². The van der Waals surface area contributed by atoms with Crippen LogP contribution in [0, 0.1) is 6.92 Å². The molecule has 1 unspecified atom stereocenters. The summed E-state index contributed by atoms with van der Waals surface area (Å²) in [6.45, 7) is 5.11. The first-order valence-electron chi connectivity index (χ1n) is 5.05. The zero-order valence-corrected chi connectivity index (χ0v) is 12.4. The maximum atomic E-state index is 4.25. The molecule has 0 saturated carbocycles. The largest absolute Gasteiger partial charge is 0.304 e. The van der Waals surface area contributed by atoms with Crippen LogP contribution in [0.3, 0.4) is 0 Å². The van der Waals surface area contributed by atoms with Crippen LogP contribution >= 0.6 is 38.6 Å². The van der Waals surface area contributed by atoms with E-state index >= 15 is 0 Å². The third-order valence-electron chi connectivity index (χ3n) is 2.27. The molecule has 0 aliphatic rings. The van der Waals surface area contributed by atoms with Crippen LogP contribution in [0.4, 0.5) is 0 Å². The van der Waals surface area contributed by atoms with Crippen molar-refractivity contribution in [2.45, 2.75) is 26.4 Å². The molecule has 0 fully saturated rings. The van der Waals surface area contributed by atoms with Gasteiger partial charge < -0.3 is 5.32 Å². The van der Waals surface area contributed by atoms with Gasteiger partial charge in [-0.25, -0.2) is 4.98 Å². The van der Waals surface area contributed by atoms with Crippen LogP contribution in [0.2, 0.25) is 0 Å². The van der Waals surface area contributed by atoms with E-state index in [2.05, 4.69) is 45.3 Å². The van der Waals surface area contributed by atoms with Gasteiger partial charge >= 0.3 is 0 Å². The van der Waals surface area contributed by atoms with Gasteiger partial charge in [-0.2, -0.15) is 0 Å². The van der Waals surface area contributed by atoms with Crippen LogP contribution in [0.15, 0.2) is 22.1 Å². The molecule has 2 aromatic rings. The number of hydrogen-bond acceptors (Lipinski definition) is 4. The van der Waals surface area contributed by atoms with Crippen molar-refractivity contribution in [3.8, 4) is 0 Å². The second-order valence-electron chi connectivity index (χ2n) is 3.59. The summed E-state index contributed by atoms with van der Waals surface area (Å²) in [5, 5.41) is 4.63. The number of thiophene rings is 1. The molecule has 1 atom stereocenters. The van der Waals surface area contributed by atoms with Crippen molar-refractivity contribution in [1.29, 1.82) is 0 Å². The highest BCUT2D eigenvalue weighted by atomic mass is 79.9. The fraction of sp³-hybridized carbons (Fsp3) is 0.364. The number of rotatable bonds is 4. The minimum absolute atomic E-state index is 0.388. The minimum atomic E-state index is 0.388. The molecule has 5 heteroatoms. The Morgan fingerprint density at radius 1 is 1.44 bits per heavy atom. The lowest BCUT2D eigenvalue weighted by molar-refractivity contribution is 0.587. The second-order valence-corrected chi connectivity index (χ2v) is 7.40. The summed E-state index contributed by atoms with van der Waals surface area (Å²) in [4.78, 5) is 6.89. The van der Waals surface area contributed by atoms with Gasteiger partial charge in [-0.3, -0.25) is 0 Å². The van der Waals surface area contributed by atoms with Gasteiger partial charge in [-0.05, 0) is 41.9 Å². The summed E-state index contributed by atoms with van der Waals surface area (Å²) in [6.07, 6.45) is 1.95. The van der Waals surface area contributed by atoms with Crippen molar-refractivity contribution in [2.75, 3.05) is 0 Å². The van der Waals surface area contributed by atoms with E-state index in [-0.39, 0.29) is 0 Å². The standard InChI is InChI=1S/C11H13BrN2S2/c1-7(10-3-4-11(12)16-10)13-5-9-6-14-8(2)15-9/h3-4,6-7,13H,5H2,1-2H3. The summed E-state index contributed by atoms with van der Waals surface area (Å²) in [5.41, 5.74) is 0. The normalized spacial score (nSPS) is 12.9. The summed E-state index contributed by atoms with van der Waals surface area (Å²) in [6, 6.07) is 4.64. The van der Waals surface area contributed by atoms with Gasteiger partial charge in [-0.1, -0.05) is 0 Å². The fourth-order valence-electron chi connectivity index (χ4n) is 1.40. The van der Waals surface area contributed by atoms with Crippen LogP contribution in [0.5, 0.6) is 0 Å². The Morgan fingerprint density at radius 2 is 2.25 bits per heavy atom. The van der Waals surface area contributed by atoms with E-state index in [1.165, 1.54) is 13.5 Å². The Morgan fingerprint density at radius 3 is 2.81 bits per heavy atom. The van der Waals surface area contributed by atoms with Gasteiger partial charge in [-0.15, -0.1) is 22.7 Å². The molecule has 0 aliphatic carbocycles. The van der Waals surface area contributed by atoms with Gasteiger partial charge in [0.25, 0.3) is 0 Å². The van der Waals surface area contributed by atoms with E-state index < -0.39 is 0 Å². The summed E-state index contributed by atoms with van der Waals surface area (Å²) >= 11 is 7.01. The molecule has 1 N–H and O–H groups in total. The first-order valence-corrected chi connectivity index (χ1v) is 7.47. The number of thiazole rings is 1. The molecule has 2 rings (SSSR count). The predicted molar refractivity (Wildman–Crippen MR) is 74.1 cm³/mol. The maximum absolute atomic E-state index is 4.25. The van der Waals surface area contributed by atoms with E-state index in [9.17, 15) is 0 Å². The van der Waals surface area contributed by atoms with Gasteiger partial charge in [0.2, 0.25) is 0 Å². The monoisotopic (exact) mass is 316 g/mol. The zero-order chi connectivity index (χ0) is 11.5. The Balaban J connectivity index is 1.91. The van der Waals surface area contributed by atoms with Gasteiger partial charge in [0.05, 0.1) is 8.79 Å². The van der Waals surface area contributed by atoms with E-state index in [1.54, 1.807) is 22.7 Å². The number of hydrogen-bond donors (Lipinski definition) is 1. The Labute approximate surface area is 112 Å². The van der Waals surface area contributed by atoms with Crippen LogP contribution in [-0.4, -0.2) is 4.98 Å². The molecule has 16 heavy (non-hydrogen) atoms. The quantitative estimate of drug-likeness (QED) is 0.917. The average molecular weight is 317 g/mol. The lowest BCUT2D eigenvalue weighted by atomic mass is 10.3. The molecule has 0 aromatic carbocycles. The topological polar surface area (TPSA) is 24.9 Å². The third kappa shape index (κ3) is 3.13. The molecule has 2 heterocycles. The molecule has 0 aliphatic heterocycles. The molecule has 2 aromatic heterocycles. The van der Waals surface area contributed by atoms with Crippen molar-refractivity contribution in [1.82, 2.24) is 10.3 Å². The zero-order valence-electron chi connectivity index (χ0n) is 9.16. The van der Waals surface area contributed by atoms with Gasteiger partial charge in [0.1, 0.15) is 0 Å². The van der Waals surface area contributed by atoms with Crippen molar-refractivity contribution in [3.05, 3.63) is 36.9 Å². The Bertz CT molecular complexity index is 464. The first-order chi connectivity index (χ1) is 7.65. The van der Waals surface area contributed by atoms with E-state index in [0.29, 0.717) is 6.04 Å². The minimum Gasteiger partial charge on any atom is -0.304 e. The average Bonchev–Trinajstić information content (AvgIpc) is 2.84. The molecule has 0 bridgehead atoms.